The number of halogens is 2. The molecule has 2 rings (SSSR count). The number of piperidine rings is 1. The van der Waals surface area contributed by atoms with Gasteiger partial charge >= 0.3 is 0 Å². The van der Waals surface area contributed by atoms with Crippen molar-refractivity contribution >= 4 is 23.2 Å². The molecule has 0 aliphatic carbocycles. The summed E-state index contributed by atoms with van der Waals surface area (Å²) in [6.45, 7) is 3.64. The van der Waals surface area contributed by atoms with Crippen LogP contribution in [0.25, 0.3) is 0 Å². The third-order valence-electron chi connectivity index (χ3n) is 3.81. The summed E-state index contributed by atoms with van der Waals surface area (Å²) in [5, 5.41) is 6.31. The maximum absolute atomic E-state index is 13.0. The second kappa shape index (κ2) is 5.88. The first-order valence-electron chi connectivity index (χ1n) is 6.54. The van der Waals surface area contributed by atoms with Crippen LogP contribution in [-0.4, -0.2) is 19.0 Å². The van der Waals surface area contributed by atoms with Gasteiger partial charge in [-0.25, -0.2) is 4.39 Å². The highest BCUT2D eigenvalue weighted by atomic mass is 35.5. The van der Waals surface area contributed by atoms with Crippen molar-refractivity contribution in [3.05, 3.63) is 29.0 Å². The summed E-state index contributed by atoms with van der Waals surface area (Å²) in [6.07, 6.45) is 2.62. The van der Waals surface area contributed by atoms with Crippen LogP contribution in [0.3, 0.4) is 0 Å². The van der Waals surface area contributed by atoms with Gasteiger partial charge in [-0.1, -0.05) is 18.5 Å². The monoisotopic (exact) mass is 284 g/mol. The SMILES string of the molecule is CCC1(C(=O)Nc2ccc(F)cc2Cl)CCCNC1. The number of benzene rings is 1. The maximum Gasteiger partial charge on any atom is 0.231 e. The first-order chi connectivity index (χ1) is 9.07. The number of carbonyl (C=O) groups is 1. The van der Waals surface area contributed by atoms with E-state index in [9.17, 15) is 9.18 Å². The van der Waals surface area contributed by atoms with E-state index in [4.69, 9.17) is 11.6 Å². The largest absolute Gasteiger partial charge is 0.324 e. The zero-order valence-electron chi connectivity index (χ0n) is 10.9. The Morgan fingerprint density at radius 1 is 1.58 bits per heavy atom. The number of anilines is 1. The van der Waals surface area contributed by atoms with Gasteiger partial charge in [-0.3, -0.25) is 4.79 Å². The predicted molar refractivity (Wildman–Crippen MR) is 74.9 cm³/mol. The number of amides is 1. The highest BCUT2D eigenvalue weighted by Gasteiger charge is 2.37. The van der Waals surface area contributed by atoms with Crippen molar-refractivity contribution in [2.45, 2.75) is 26.2 Å². The Morgan fingerprint density at radius 3 is 2.95 bits per heavy atom. The average molecular weight is 285 g/mol. The third kappa shape index (κ3) is 3.07. The molecule has 0 spiro atoms. The first-order valence-corrected chi connectivity index (χ1v) is 6.92. The molecule has 1 aromatic rings. The van der Waals surface area contributed by atoms with E-state index in [0.717, 1.165) is 25.8 Å². The van der Waals surface area contributed by atoms with E-state index in [1.54, 1.807) is 0 Å². The molecule has 1 aromatic carbocycles. The maximum atomic E-state index is 13.0. The van der Waals surface area contributed by atoms with Crippen LogP contribution < -0.4 is 10.6 Å². The summed E-state index contributed by atoms with van der Waals surface area (Å²) in [6, 6.07) is 3.99. The molecule has 1 atom stereocenters. The number of rotatable bonds is 3. The van der Waals surface area contributed by atoms with E-state index < -0.39 is 11.2 Å². The van der Waals surface area contributed by atoms with Crippen LogP contribution in [0.4, 0.5) is 10.1 Å². The normalized spacial score (nSPS) is 23.1. The summed E-state index contributed by atoms with van der Waals surface area (Å²) in [5.74, 6) is -0.455. The molecule has 104 valence electrons. The van der Waals surface area contributed by atoms with E-state index in [1.165, 1.54) is 18.2 Å². The molecular weight excluding hydrogens is 267 g/mol. The van der Waals surface area contributed by atoms with Crippen molar-refractivity contribution < 1.29 is 9.18 Å². The smallest absolute Gasteiger partial charge is 0.231 e. The van der Waals surface area contributed by atoms with Crippen molar-refractivity contribution in [3.63, 3.8) is 0 Å². The minimum Gasteiger partial charge on any atom is -0.324 e. The predicted octanol–water partition coefficient (Wildman–Crippen LogP) is 3.20. The van der Waals surface area contributed by atoms with Crippen molar-refractivity contribution in [3.8, 4) is 0 Å². The van der Waals surface area contributed by atoms with Crippen LogP contribution in [0.15, 0.2) is 18.2 Å². The van der Waals surface area contributed by atoms with Crippen molar-refractivity contribution in [1.29, 1.82) is 0 Å². The van der Waals surface area contributed by atoms with Gasteiger partial charge in [0, 0.05) is 6.54 Å². The molecule has 1 saturated heterocycles. The van der Waals surface area contributed by atoms with Crippen LogP contribution in [0, 0.1) is 11.2 Å². The minimum absolute atomic E-state index is 0.0456. The Hall–Kier alpha value is -1.13. The molecule has 1 aliphatic heterocycles. The number of hydrogen-bond acceptors (Lipinski definition) is 2. The molecule has 2 N–H and O–H groups in total. The fourth-order valence-corrected chi connectivity index (χ4v) is 2.68. The van der Waals surface area contributed by atoms with Crippen molar-refractivity contribution in [1.82, 2.24) is 5.32 Å². The summed E-state index contributed by atoms with van der Waals surface area (Å²) < 4.78 is 13.0. The molecule has 1 aliphatic rings. The molecule has 3 nitrogen and oxygen atoms in total. The van der Waals surface area contributed by atoms with E-state index in [-0.39, 0.29) is 10.9 Å². The zero-order valence-corrected chi connectivity index (χ0v) is 11.7. The average Bonchev–Trinajstić information content (AvgIpc) is 2.42. The lowest BCUT2D eigenvalue weighted by atomic mass is 9.77. The molecule has 1 fully saturated rings. The fourth-order valence-electron chi connectivity index (χ4n) is 2.47. The molecule has 5 heteroatoms. The van der Waals surface area contributed by atoms with Crippen molar-refractivity contribution in [2.75, 3.05) is 18.4 Å². The first kappa shape index (κ1) is 14.3. The third-order valence-corrected chi connectivity index (χ3v) is 4.12. The van der Waals surface area contributed by atoms with Gasteiger partial charge in [0.25, 0.3) is 0 Å². The standard InChI is InChI=1S/C14H18ClFN2O/c1-2-14(6-3-7-17-9-14)13(19)18-12-5-4-10(16)8-11(12)15/h4-5,8,17H,2-3,6-7,9H2,1H3,(H,18,19). The van der Waals surface area contributed by atoms with E-state index in [1.807, 2.05) is 6.92 Å². The number of carbonyl (C=O) groups excluding carboxylic acids is 1. The molecule has 0 radical (unpaired) electrons. The van der Waals surface area contributed by atoms with E-state index in [2.05, 4.69) is 10.6 Å². The molecular formula is C14H18ClFN2O. The lowest BCUT2D eigenvalue weighted by Gasteiger charge is -2.35. The van der Waals surface area contributed by atoms with Gasteiger partial charge in [-0.2, -0.15) is 0 Å². The Balaban J connectivity index is 2.15. The van der Waals surface area contributed by atoms with Crippen LogP contribution in [-0.2, 0) is 4.79 Å². The van der Waals surface area contributed by atoms with Crippen molar-refractivity contribution in [2.24, 2.45) is 5.41 Å². The van der Waals surface area contributed by atoms with Gasteiger partial charge in [0.1, 0.15) is 5.82 Å². The molecule has 1 unspecified atom stereocenters. The Labute approximate surface area is 117 Å². The molecule has 1 amide bonds. The van der Waals surface area contributed by atoms with E-state index >= 15 is 0 Å². The lowest BCUT2D eigenvalue weighted by Crippen LogP contribution is -2.47. The summed E-state index contributed by atoms with van der Waals surface area (Å²) in [5.41, 5.74) is 0.0714. The molecule has 0 aromatic heterocycles. The Kier molecular flexibility index (Phi) is 4.42. The second-order valence-corrected chi connectivity index (χ2v) is 5.40. The van der Waals surface area contributed by atoms with Gasteiger partial charge < -0.3 is 10.6 Å². The summed E-state index contributed by atoms with van der Waals surface area (Å²) in [7, 11) is 0. The van der Waals surface area contributed by atoms with E-state index in [0.29, 0.717) is 12.2 Å². The van der Waals surface area contributed by atoms with Crippen LogP contribution in [0.5, 0.6) is 0 Å². The van der Waals surface area contributed by atoms with Crippen LogP contribution in [0.2, 0.25) is 5.02 Å². The van der Waals surface area contributed by atoms with Gasteiger partial charge in [0.05, 0.1) is 16.1 Å². The summed E-state index contributed by atoms with van der Waals surface area (Å²) in [4.78, 5) is 12.5. The molecule has 0 bridgehead atoms. The number of nitrogens with one attached hydrogen (secondary N) is 2. The van der Waals surface area contributed by atoms with Crippen LogP contribution >= 0.6 is 11.6 Å². The highest BCUT2D eigenvalue weighted by molar-refractivity contribution is 6.33. The molecule has 19 heavy (non-hydrogen) atoms. The fraction of sp³-hybridized carbons (Fsp3) is 0.500. The second-order valence-electron chi connectivity index (χ2n) is 4.99. The lowest BCUT2D eigenvalue weighted by molar-refractivity contribution is -0.126. The van der Waals surface area contributed by atoms with Gasteiger partial charge in [0.15, 0.2) is 0 Å². The quantitative estimate of drug-likeness (QED) is 0.895. The molecule has 0 saturated carbocycles. The number of hydrogen-bond donors (Lipinski definition) is 2. The molecule has 1 heterocycles. The highest BCUT2D eigenvalue weighted by Crippen LogP contribution is 2.32. The van der Waals surface area contributed by atoms with Crippen LogP contribution in [0.1, 0.15) is 26.2 Å². The van der Waals surface area contributed by atoms with Gasteiger partial charge in [0.2, 0.25) is 5.91 Å². The topological polar surface area (TPSA) is 41.1 Å². The van der Waals surface area contributed by atoms with Gasteiger partial charge in [-0.05, 0) is 44.0 Å². The van der Waals surface area contributed by atoms with Gasteiger partial charge in [-0.15, -0.1) is 0 Å². The summed E-state index contributed by atoms with van der Waals surface area (Å²) >= 11 is 5.93. The minimum atomic E-state index is -0.410. The zero-order chi connectivity index (χ0) is 13.9. The Bertz CT molecular complexity index is 473. The Morgan fingerprint density at radius 2 is 2.37 bits per heavy atom.